The first-order valence-corrected chi connectivity index (χ1v) is 6.76. The molecule has 3 rings (SSSR count). The highest BCUT2D eigenvalue weighted by molar-refractivity contribution is 14.1. The van der Waals surface area contributed by atoms with Crippen molar-refractivity contribution in [2.24, 2.45) is 0 Å². The van der Waals surface area contributed by atoms with Crippen LogP contribution in [0.25, 0.3) is 11.3 Å². The van der Waals surface area contributed by atoms with Gasteiger partial charge in [-0.25, -0.2) is 4.39 Å². The van der Waals surface area contributed by atoms with Gasteiger partial charge in [0.2, 0.25) is 0 Å². The van der Waals surface area contributed by atoms with Crippen molar-refractivity contribution in [3.8, 4) is 11.3 Å². The molecular formula is C13H10FIN2. The quantitative estimate of drug-likeness (QED) is 0.584. The molecule has 86 valence electrons. The van der Waals surface area contributed by atoms with E-state index in [2.05, 4.69) is 32.8 Å². The van der Waals surface area contributed by atoms with Gasteiger partial charge in [-0.3, -0.25) is 0 Å². The topological polar surface area (TPSA) is 25.8 Å². The van der Waals surface area contributed by atoms with E-state index in [0.717, 1.165) is 18.5 Å². The molecule has 1 aromatic carbocycles. The summed E-state index contributed by atoms with van der Waals surface area (Å²) in [6, 6.07) is 8.65. The van der Waals surface area contributed by atoms with Crippen LogP contribution in [0.15, 0.2) is 30.3 Å². The Labute approximate surface area is 112 Å². The van der Waals surface area contributed by atoms with E-state index in [0.29, 0.717) is 15.2 Å². The molecule has 2 nitrogen and oxygen atoms in total. The fourth-order valence-electron chi connectivity index (χ4n) is 2.12. The van der Waals surface area contributed by atoms with E-state index >= 15 is 0 Å². The number of aromatic nitrogens is 2. The highest BCUT2D eigenvalue weighted by Crippen LogP contribution is 2.37. The number of halogens is 2. The highest BCUT2D eigenvalue weighted by atomic mass is 127. The molecule has 17 heavy (non-hydrogen) atoms. The molecule has 0 saturated heterocycles. The fraction of sp³-hybridized carbons (Fsp3) is 0.231. The van der Waals surface area contributed by atoms with Crippen molar-refractivity contribution in [3.63, 3.8) is 0 Å². The second-order valence-corrected chi connectivity index (χ2v) is 5.63. The van der Waals surface area contributed by atoms with Gasteiger partial charge >= 0.3 is 0 Å². The number of benzene rings is 1. The summed E-state index contributed by atoms with van der Waals surface area (Å²) in [5.41, 5.74) is 3.43. The van der Waals surface area contributed by atoms with Crippen LogP contribution in [0, 0.1) is 5.82 Å². The molecule has 1 atom stereocenters. The number of alkyl halides is 1. The monoisotopic (exact) mass is 340 g/mol. The SMILES string of the molecule is Fc1ccccc1-c1cc2c(nn1)C(I)CC2. The van der Waals surface area contributed by atoms with Crippen molar-refractivity contribution in [2.75, 3.05) is 0 Å². The summed E-state index contributed by atoms with van der Waals surface area (Å²) in [6.45, 7) is 0. The number of fused-ring (bicyclic) bond motifs is 1. The Morgan fingerprint density at radius 3 is 2.88 bits per heavy atom. The first kappa shape index (κ1) is 11.1. The van der Waals surface area contributed by atoms with Crippen LogP contribution >= 0.6 is 22.6 Å². The molecule has 0 bridgehead atoms. The van der Waals surface area contributed by atoms with Gasteiger partial charge in [0, 0.05) is 5.56 Å². The number of hydrogen-bond acceptors (Lipinski definition) is 2. The highest BCUT2D eigenvalue weighted by Gasteiger charge is 2.23. The summed E-state index contributed by atoms with van der Waals surface area (Å²) >= 11 is 2.38. The number of rotatable bonds is 1. The van der Waals surface area contributed by atoms with Crippen LogP contribution in [-0.2, 0) is 6.42 Å². The summed E-state index contributed by atoms with van der Waals surface area (Å²) < 4.78 is 14.1. The molecule has 0 amide bonds. The minimum Gasteiger partial charge on any atom is -0.206 e. The minimum atomic E-state index is -0.245. The standard InChI is InChI=1S/C13H10FIN2/c14-10-4-2-1-3-9(10)12-7-8-5-6-11(15)13(8)17-16-12/h1-4,7,11H,5-6H2. The zero-order valence-electron chi connectivity index (χ0n) is 9.03. The lowest BCUT2D eigenvalue weighted by Gasteiger charge is -2.05. The van der Waals surface area contributed by atoms with E-state index in [9.17, 15) is 4.39 Å². The summed E-state index contributed by atoms with van der Waals surface area (Å²) in [7, 11) is 0. The molecular weight excluding hydrogens is 330 g/mol. The third-order valence-electron chi connectivity index (χ3n) is 3.02. The Kier molecular flexibility index (Phi) is 2.82. The van der Waals surface area contributed by atoms with Crippen LogP contribution in [0.5, 0.6) is 0 Å². The fourth-order valence-corrected chi connectivity index (χ4v) is 2.96. The van der Waals surface area contributed by atoms with Crippen LogP contribution < -0.4 is 0 Å². The third kappa shape index (κ3) is 1.94. The molecule has 0 spiro atoms. The molecule has 1 aliphatic carbocycles. The van der Waals surface area contributed by atoms with Gasteiger partial charge in [0.15, 0.2) is 0 Å². The molecule has 0 saturated carbocycles. The predicted octanol–water partition coefficient (Wildman–Crippen LogP) is 3.71. The second kappa shape index (κ2) is 4.33. The first-order valence-electron chi connectivity index (χ1n) is 5.51. The lowest BCUT2D eigenvalue weighted by molar-refractivity contribution is 0.630. The lowest BCUT2D eigenvalue weighted by Crippen LogP contribution is -1.97. The van der Waals surface area contributed by atoms with Crippen molar-refractivity contribution >= 4 is 22.6 Å². The lowest BCUT2D eigenvalue weighted by atomic mass is 10.1. The van der Waals surface area contributed by atoms with E-state index < -0.39 is 0 Å². The second-order valence-electron chi connectivity index (χ2n) is 4.13. The molecule has 4 heteroatoms. The molecule has 0 fully saturated rings. The number of hydrogen-bond donors (Lipinski definition) is 0. The van der Waals surface area contributed by atoms with Crippen LogP contribution in [0.2, 0.25) is 0 Å². The van der Waals surface area contributed by atoms with Gasteiger partial charge in [0.25, 0.3) is 0 Å². The average molecular weight is 340 g/mol. The van der Waals surface area contributed by atoms with Crippen molar-refractivity contribution in [3.05, 3.63) is 47.4 Å². The molecule has 0 N–H and O–H groups in total. The van der Waals surface area contributed by atoms with Crippen molar-refractivity contribution in [1.29, 1.82) is 0 Å². The van der Waals surface area contributed by atoms with Gasteiger partial charge in [-0.2, -0.15) is 10.2 Å². The van der Waals surface area contributed by atoms with Crippen molar-refractivity contribution in [2.45, 2.75) is 16.8 Å². The van der Waals surface area contributed by atoms with Gasteiger partial charge in [-0.05, 0) is 36.6 Å². The van der Waals surface area contributed by atoms with E-state index in [1.165, 1.54) is 11.6 Å². The minimum absolute atomic E-state index is 0.245. The maximum absolute atomic E-state index is 13.6. The maximum atomic E-state index is 13.6. The molecule has 1 unspecified atom stereocenters. The predicted molar refractivity (Wildman–Crippen MR) is 72.5 cm³/mol. The third-order valence-corrected chi connectivity index (χ3v) is 4.23. The Morgan fingerprint density at radius 2 is 2.06 bits per heavy atom. The maximum Gasteiger partial charge on any atom is 0.132 e. The average Bonchev–Trinajstić information content (AvgIpc) is 2.71. The van der Waals surface area contributed by atoms with Crippen LogP contribution in [0.3, 0.4) is 0 Å². The zero-order chi connectivity index (χ0) is 11.8. The molecule has 0 radical (unpaired) electrons. The Bertz CT molecular complexity index is 571. The van der Waals surface area contributed by atoms with Crippen molar-refractivity contribution < 1.29 is 4.39 Å². The number of aryl methyl sites for hydroxylation is 1. The van der Waals surface area contributed by atoms with Crippen LogP contribution in [-0.4, -0.2) is 10.2 Å². The molecule has 1 aromatic heterocycles. The molecule has 2 aromatic rings. The summed E-state index contributed by atoms with van der Waals surface area (Å²) in [4.78, 5) is 0. The molecule has 0 aliphatic heterocycles. The molecule has 1 aliphatic rings. The van der Waals surface area contributed by atoms with E-state index in [1.807, 2.05) is 12.1 Å². The van der Waals surface area contributed by atoms with E-state index in [4.69, 9.17) is 0 Å². The summed E-state index contributed by atoms with van der Waals surface area (Å²) in [6.07, 6.45) is 2.12. The largest absolute Gasteiger partial charge is 0.206 e. The van der Waals surface area contributed by atoms with Gasteiger partial charge in [-0.15, -0.1) is 0 Å². The van der Waals surface area contributed by atoms with Crippen LogP contribution in [0.1, 0.15) is 21.6 Å². The Balaban J connectivity index is 2.09. The van der Waals surface area contributed by atoms with Gasteiger partial charge in [-0.1, -0.05) is 34.7 Å². The summed E-state index contributed by atoms with van der Waals surface area (Å²) in [5, 5.41) is 8.37. The van der Waals surface area contributed by atoms with Gasteiger partial charge in [0.1, 0.15) is 5.82 Å². The van der Waals surface area contributed by atoms with E-state index in [-0.39, 0.29) is 5.82 Å². The normalized spacial score (nSPS) is 18.1. The van der Waals surface area contributed by atoms with E-state index in [1.54, 1.807) is 12.1 Å². The summed E-state index contributed by atoms with van der Waals surface area (Å²) in [5.74, 6) is -0.245. The number of nitrogens with zero attached hydrogens (tertiary/aromatic N) is 2. The first-order chi connectivity index (χ1) is 8.25. The van der Waals surface area contributed by atoms with Crippen LogP contribution in [0.4, 0.5) is 4.39 Å². The van der Waals surface area contributed by atoms with Gasteiger partial charge < -0.3 is 0 Å². The smallest absolute Gasteiger partial charge is 0.132 e. The molecule has 1 heterocycles. The van der Waals surface area contributed by atoms with Gasteiger partial charge in [0.05, 0.1) is 15.3 Å². The Hall–Kier alpha value is -1.04. The Morgan fingerprint density at radius 1 is 1.24 bits per heavy atom. The zero-order valence-corrected chi connectivity index (χ0v) is 11.2. The van der Waals surface area contributed by atoms with Crippen molar-refractivity contribution in [1.82, 2.24) is 10.2 Å².